The smallest absolute Gasteiger partial charge is 0.245 e. The van der Waals surface area contributed by atoms with Crippen molar-refractivity contribution in [2.45, 2.75) is 0 Å². The number of aromatic nitrogens is 2. The number of benzene rings is 1. The van der Waals surface area contributed by atoms with E-state index in [9.17, 15) is 22.0 Å². The van der Waals surface area contributed by atoms with Crippen LogP contribution in [0.4, 0.5) is 33.5 Å². The summed E-state index contributed by atoms with van der Waals surface area (Å²) in [7, 11) is 0. The molecule has 10 heteroatoms. The van der Waals surface area contributed by atoms with Crippen molar-refractivity contribution < 1.29 is 26.7 Å². The summed E-state index contributed by atoms with van der Waals surface area (Å²) in [4.78, 5) is 11.0. The monoisotopic (exact) mass is 316 g/mol. The molecule has 1 aromatic carbocycles. The first-order valence-electron chi connectivity index (χ1n) is 5.74. The van der Waals surface area contributed by atoms with Gasteiger partial charge < -0.3 is 10.5 Å². The topological polar surface area (TPSA) is 73.4 Å². The van der Waals surface area contributed by atoms with Gasteiger partial charge in [-0.2, -0.15) is 4.98 Å². The molecule has 0 amide bonds. The van der Waals surface area contributed by atoms with Crippen molar-refractivity contribution in [1.82, 2.24) is 9.97 Å². The standard InChI is InChI=1S/C12H5F5N4O/c13-5-4(6(14)8(16)9(17)7(5)15)3-1-22-12-10(21-3)11(18)19-2-20-12/h2H,1H2,(H2,18,19,20). The van der Waals surface area contributed by atoms with Gasteiger partial charge in [-0.15, -0.1) is 0 Å². The third kappa shape index (κ3) is 1.95. The highest BCUT2D eigenvalue weighted by atomic mass is 19.2. The quantitative estimate of drug-likeness (QED) is 0.497. The fraction of sp³-hybridized carbons (Fsp3) is 0.0833. The molecule has 0 atom stereocenters. The van der Waals surface area contributed by atoms with Crippen LogP contribution in [0.15, 0.2) is 11.3 Å². The first-order valence-corrected chi connectivity index (χ1v) is 5.74. The van der Waals surface area contributed by atoms with Crippen LogP contribution in [0.5, 0.6) is 5.88 Å². The number of aliphatic imine (C=N–C) groups is 1. The summed E-state index contributed by atoms with van der Waals surface area (Å²) < 4.78 is 72.0. The summed E-state index contributed by atoms with van der Waals surface area (Å²) in [5, 5.41) is 0. The first-order chi connectivity index (χ1) is 10.4. The van der Waals surface area contributed by atoms with Crippen LogP contribution in [-0.2, 0) is 0 Å². The Morgan fingerprint density at radius 1 is 0.909 bits per heavy atom. The molecule has 0 radical (unpaired) electrons. The Hall–Kier alpha value is -2.78. The molecule has 114 valence electrons. The molecule has 5 nitrogen and oxygen atoms in total. The van der Waals surface area contributed by atoms with Gasteiger partial charge in [-0.05, 0) is 0 Å². The summed E-state index contributed by atoms with van der Waals surface area (Å²) in [5.74, 6) is -10.6. The van der Waals surface area contributed by atoms with Crippen LogP contribution in [0.3, 0.4) is 0 Å². The second-order valence-electron chi connectivity index (χ2n) is 4.20. The van der Waals surface area contributed by atoms with Crippen molar-refractivity contribution >= 4 is 17.2 Å². The molecule has 0 saturated carbocycles. The maximum atomic E-state index is 13.7. The minimum absolute atomic E-state index is 0.0554. The summed E-state index contributed by atoms with van der Waals surface area (Å²) >= 11 is 0. The van der Waals surface area contributed by atoms with Crippen LogP contribution in [0.25, 0.3) is 0 Å². The Morgan fingerprint density at radius 2 is 1.50 bits per heavy atom. The molecular formula is C12H5F5N4O. The Bertz CT molecular complexity index is 795. The fourth-order valence-electron chi connectivity index (χ4n) is 1.88. The van der Waals surface area contributed by atoms with E-state index in [-0.39, 0.29) is 17.4 Å². The van der Waals surface area contributed by atoms with E-state index < -0.39 is 47.0 Å². The fourth-order valence-corrected chi connectivity index (χ4v) is 1.88. The van der Waals surface area contributed by atoms with Crippen molar-refractivity contribution in [2.24, 2.45) is 4.99 Å². The number of ether oxygens (including phenoxy) is 1. The van der Waals surface area contributed by atoms with E-state index in [1.165, 1.54) is 0 Å². The lowest BCUT2D eigenvalue weighted by molar-refractivity contribution is 0.351. The van der Waals surface area contributed by atoms with E-state index in [2.05, 4.69) is 15.0 Å². The van der Waals surface area contributed by atoms with Gasteiger partial charge in [0.2, 0.25) is 11.7 Å². The van der Waals surface area contributed by atoms with Gasteiger partial charge in [0.1, 0.15) is 12.9 Å². The van der Waals surface area contributed by atoms with Crippen LogP contribution in [0, 0.1) is 29.1 Å². The minimum atomic E-state index is -2.25. The van der Waals surface area contributed by atoms with Gasteiger partial charge in [-0.25, -0.2) is 31.9 Å². The van der Waals surface area contributed by atoms with Crippen LogP contribution < -0.4 is 10.5 Å². The van der Waals surface area contributed by atoms with Crippen LogP contribution in [-0.4, -0.2) is 22.3 Å². The molecule has 0 unspecified atom stereocenters. The largest absolute Gasteiger partial charge is 0.469 e. The predicted octanol–water partition coefficient (Wildman–Crippen LogP) is 2.27. The minimum Gasteiger partial charge on any atom is -0.469 e. The molecule has 1 aromatic heterocycles. The molecular weight excluding hydrogens is 311 g/mol. The van der Waals surface area contributed by atoms with Gasteiger partial charge in [0.05, 0.1) is 11.3 Å². The Balaban J connectivity index is 2.24. The van der Waals surface area contributed by atoms with Gasteiger partial charge >= 0.3 is 0 Å². The summed E-state index contributed by atoms with van der Waals surface area (Å²) in [6, 6.07) is 0. The molecule has 0 aliphatic carbocycles. The molecule has 2 heterocycles. The third-order valence-corrected chi connectivity index (χ3v) is 2.91. The lowest BCUT2D eigenvalue weighted by Crippen LogP contribution is -2.22. The zero-order chi connectivity index (χ0) is 16.0. The summed E-state index contributed by atoms with van der Waals surface area (Å²) in [6.07, 6.45) is 1.08. The van der Waals surface area contributed by atoms with Crippen LogP contribution in [0.1, 0.15) is 5.56 Å². The Kier molecular flexibility index (Phi) is 3.15. The maximum Gasteiger partial charge on any atom is 0.245 e. The Labute approximate surface area is 119 Å². The van der Waals surface area contributed by atoms with Crippen molar-refractivity contribution in [3.05, 3.63) is 41.0 Å². The average molecular weight is 316 g/mol. The van der Waals surface area contributed by atoms with E-state index in [0.717, 1.165) is 6.33 Å². The molecule has 1 aliphatic rings. The molecule has 1 aliphatic heterocycles. The number of halogens is 5. The molecule has 0 saturated heterocycles. The van der Waals surface area contributed by atoms with E-state index in [0.29, 0.717) is 0 Å². The molecule has 2 N–H and O–H groups in total. The van der Waals surface area contributed by atoms with E-state index in [1.807, 2.05) is 0 Å². The number of nitrogen functional groups attached to an aromatic ring is 1. The molecule has 2 aromatic rings. The number of hydrogen-bond donors (Lipinski definition) is 1. The third-order valence-electron chi connectivity index (χ3n) is 2.91. The van der Waals surface area contributed by atoms with Gasteiger partial charge in [0.15, 0.2) is 34.8 Å². The van der Waals surface area contributed by atoms with Crippen molar-refractivity contribution in [2.75, 3.05) is 12.3 Å². The predicted molar refractivity (Wildman–Crippen MR) is 64.4 cm³/mol. The summed E-state index contributed by atoms with van der Waals surface area (Å²) in [6.45, 7) is -0.540. The van der Waals surface area contributed by atoms with Crippen LogP contribution >= 0.6 is 0 Å². The SMILES string of the molecule is Nc1ncnc2c1N=C(c1c(F)c(F)c(F)c(F)c1F)CO2. The molecule has 22 heavy (non-hydrogen) atoms. The average Bonchev–Trinajstić information content (AvgIpc) is 2.52. The molecule has 0 spiro atoms. The second kappa shape index (κ2) is 4.90. The van der Waals surface area contributed by atoms with E-state index in [1.54, 1.807) is 0 Å². The highest BCUT2D eigenvalue weighted by Gasteiger charge is 2.30. The normalized spacial score (nSPS) is 13.4. The molecule has 0 bridgehead atoms. The van der Waals surface area contributed by atoms with Gasteiger partial charge in [0, 0.05) is 0 Å². The second-order valence-corrected chi connectivity index (χ2v) is 4.20. The summed E-state index contributed by atoms with van der Waals surface area (Å²) in [5.41, 5.74) is 3.67. The number of nitrogens with two attached hydrogens (primary N) is 1. The van der Waals surface area contributed by atoms with Crippen molar-refractivity contribution in [3.63, 3.8) is 0 Å². The number of nitrogens with zero attached hydrogens (tertiary/aromatic N) is 3. The maximum absolute atomic E-state index is 13.7. The zero-order valence-corrected chi connectivity index (χ0v) is 10.5. The first kappa shape index (κ1) is 14.2. The number of anilines is 1. The number of rotatable bonds is 1. The lowest BCUT2D eigenvalue weighted by atomic mass is 10.1. The number of hydrogen-bond acceptors (Lipinski definition) is 5. The molecule has 3 rings (SSSR count). The zero-order valence-electron chi connectivity index (χ0n) is 10.5. The molecule has 0 fully saturated rings. The highest BCUT2D eigenvalue weighted by Crippen LogP contribution is 2.34. The van der Waals surface area contributed by atoms with Gasteiger partial charge in [-0.3, -0.25) is 0 Å². The van der Waals surface area contributed by atoms with Crippen molar-refractivity contribution in [3.8, 4) is 5.88 Å². The van der Waals surface area contributed by atoms with Gasteiger partial charge in [-0.1, -0.05) is 0 Å². The Morgan fingerprint density at radius 3 is 2.14 bits per heavy atom. The van der Waals surface area contributed by atoms with Gasteiger partial charge in [0.25, 0.3) is 0 Å². The lowest BCUT2D eigenvalue weighted by Gasteiger charge is -2.17. The van der Waals surface area contributed by atoms with E-state index >= 15 is 0 Å². The highest BCUT2D eigenvalue weighted by molar-refractivity contribution is 6.05. The van der Waals surface area contributed by atoms with Crippen molar-refractivity contribution in [1.29, 1.82) is 0 Å². The van der Waals surface area contributed by atoms with E-state index in [4.69, 9.17) is 10.5 Å². The number of fused-ring (bicyclic) bond motifs is 1. The van der Waals surface area contributed by atoms with Crippen LogP contribution in [0.2, 0.25) is 0 Å².